The van der Waals surface area contributed by atoms with Gasteiger partial charge < -0.3 is 9.47 Å². The third-order valence-corrected chi connectivity index (χ3v) is 4.12. The summed E-state index contributed by atoms with van der Waals surface area (Å²) in [7, 11) is 0. The minimum absolute atomic E-state index is 0.212. The number of amides is 2. The van der Waals surface area contributed by atoms with Crippen molar-refractivity contribution in [2.75, 3.05) is 13.2 Å². The van der Waals surface area contributed by atoms with Gasteiger partial charge in [-0.1, -0.05) is 50.2 Å². The van der Waals surface area contributed by atoms with Crippen LogP contribution in [0.3, 0.4) is 0 Å². The highest BCUT2D eigenvalue weighted by Gasteiger charge is 2.09. The van der Waals surface area contributed by atoms with Gasteiger partial charge in [0.05, 0.1) is 6.61 Å². The third-order valence-electron chi connectivity index (χ3n) is 4.12. The average molecular weight is 392 g/mol. The van der Waals surface area contributed by atoms with E-state index in [4.69, 9.17) is 9.47 Å². The van der Waals surface area contributed by atoms with Crippen LogP contribution in [-0.4, -0.2) is 25.0 Å². The summed E-state index contributed by atoms with van der Waals surface area (Å²) in [5.41, 5.74) is 5.16. The molecule has 6 heteroatoms. The molecule has 0 heterocycles. The lowest BCUT2D eigenvalue weighted by atomic mass is 10.1. The standard InChI is InChI=1S/C23H24N2O4/c1-16(2)14-28-19-12-10-18(11-13-19)23(27)25-24-22(26)15-29-21-9-5-7-17-6-3-4-8-20(17)21/h3-13,16H,14-15H2,1-2H3,(H,24,26)(H,25,27). The fraction of sp³-hybridized carbons (Fsp3) is 0.217. The number of benzene rings is 3. The van der Waals surface area contributed by atoms with E-state index < -0.39 is 11.8 Å². The number of hydrazine groups is 1. The van der Waals surface area contributed by atoms with Gasteiger partial charge >= 0.3 is 0 Å². The molecule has 3 aromatic carbocycles. The smallest absolute Gasteiger partial charge is 0.276 e. The van der Waals surface area contributed by atoms with Crippen molar-refractivity contribution in [3.63, 3.8) is 0 Å². The molecule has 2 amide bonds. The molecule has 2 N–H and O–H groups in total. The van der Waals surface area contributed by atoms with Crippen LogP contribution in [0.15, 0.2) is 66.7 Å². The maximum atomic E-state index is 12.2. The minimum Gasteiger partial charge on any atom is -0.493 e. The molecule has 0 aromatic heterocycles. The summed E-state index contributed by atoms with van der Waals surface area (Å²) in [5, 5.41) is 1.95. The van der Waals surface area contributed by atoms with Crippen molar-refractivity contribution in [3.8, 4) is 11.5 Å². The van der Waals surface area contributed by atoms with Gasteiger partial charge in [-0.25, -0.2) is 0 Å². The second-order valence-corrected chi connectivity index (χ2v) is 7.00. The summed E-state index contributed by atoms with van der Waals surface area (Å²) < 4.78 is 11.2. The molecule has 0 unspecified atom stereocenters. The molecule has 6 nitrogen and oxygen atoms in total. The molecule has 0 aliphatic carbocycles. The van der Waals surface area contributed by atoms with Crippen LogP contribution in [0.25, 0.3) is 10.8 Å². The Bertz CT molecular complexity index is 978. The monoisotopic (exact) mass is 392 g/mol. The summed E-state index contributed by atoms with van der Waals surface area (Å²) in [6, 6.07) is 20.1. The molecule has 0 radical (unpaired) electrons. The Morgan fingerprint density at radius 3 is 2.34 bits per heavy atom. The molecule has 0 fully saturated rings. The molecule has 3 aromatic rings. The van der Waals surface area contributed by atoms with Crippen LogP contribution in [0.4, 0.5) is 0 Å². The minimum atomic E-state index is -0.455. The molecule has 0 spiro atoms. The van der Waals surface area contributed by atoms with Gasteiger partial charge in [0, 0.05) is 10.9 Å². The highest BCUT2D eigenvalue weighted by Crippen LogP contribution is 2.24. The number of nitrogens with one attached hydrogen (secondary N) is 2. The second kappa shape index (κ2) is 9.59. The van der Waals surface area contributed by atoms with Gasteiger partial charge in [0.2, 0.25) is 0 Å². The molecule has 29 heavy (non-hydrogen) atoms. The highest BCUT2D eigenvalue weighted by atomic mass is 16.5. The van der Waals surface area contributed by atoms with E-state index in [-0.39, 0.29) is 6.61 Å². The fourth-order valence-corrected chi connectivity index (χ4v) is 2.67. The Kier molecular flexibility index (Phi) is 6.68. The summed E-state index contributed by atoms with van der Waals surface area (Å²) in [6.45, 7) is 4.53. The van der Waals surface area contributed by atoms with E-state index >= 15 is 0 Å². The Hall–Kier alpha value is -3.54. The van der Waals surface area contributed by atoms with Gasteiger partial charge in [-0.05, 0) is 41.6 Å². The zero-order valence-corrected chi connectivity index (χ0v) is 16.5. The number of carbonyl (C=O) groups is 2. The number of ether oxygens (including phenoxy) is 2. The van der Waals surface area contributed by atoms with Gasteiger partial charge in [0.1, 0.15) is 11.5 Å². The van der Waals surface area contributed by atoms with Gasteiger partial charge in [-0.3, -0.25) is 20.4 Å². The topological polar surface area (TPSA) is 76.7 Å². The molecule has 3 rings (SSSR count). The number of hydrogen-bond acceptors (Lipinski definition) is 4. The Labute approximate surface area is 169 Å². The molecule has 0 atom stereocenters. The first-order valence-corrected chi connectivity index (χ1v) is 9.45. The molecule has 0 bridgehead atoms. The van der Waals surface area contributed by atoms with E-state index in [2.05, 4.69) is 24.7 Å². The summed E-state index contributed by atoms with van der Waals surface area (Å²) in [5.74, 6) is 0.857. The van der Waals surface area contributed by atoms with E-state index in [0.29, 0.717) is 29.6 Å². The molecule has 150 valence electrons. The molecular formula is C23H24N2O4. The lowest BCUT2D eigenvalue weighted by molar-refractivity contribution is -0.123. The van der Waals surface area contributed by atoms with E-state index in [9.17, 15) is 9.59 Å². The van der Waals surface area contributed by atoms with Crippen LogP contribution in [0, 0.1) is 5.92 Å². The largest absolute Gasteiger partial charge is 0.493 e. The maximum absolute atomic E-state index is 12.2. The van der Waals surface area contributed by atoms with E-state index in [0.717, 1.165) is 10.8 Å². The predicted molar refractivity (Wildman–Crippen MR) is 112 cm³/mol. The van der Waals surface area contributed by atoms with Crippen LogP contribution in [0.1, 0.15) is 24.2 Å². The van der Waals surface area contributed by atoms with Crippen LogP contribution in [0.5, 0.6) is 11.5 Å². The molecule has 0 aliphatic rings. The zero-order chi connectivity index (χ0) is 20.6. The van der Waals surface area contributed by atoms with Gasteiger partial charge in [0.15, 0.2) is 6.61 Å². The Morgan fingerprint density at radius 1 is 0.862 bits per heavy atom. The molecular weight excluding hydrogens is 368 g/mol. The number of hydrogen-bond donors (Lipinski definition) is 2. The van der Waals surface area contributed by atoms with Crippen LogP contribution in [-0.2, 0) is 4.79 Å². The fourth-order valence-electron chi connectivity index (χ4n) is 2.67. The average Bonchev–Trinajstić information content (AvgIpc) is 2.74. The van der Waals surface area contributed by atoms with Crippen molar-refractivity contribution in [3.05, 3.63) is 72.3 Å². The first kappa shape index (κ1) is 20.2. The van der Waals surface area contributed by atoms with Crippen LogP contribution in [0.2, 0.25) is 0 Å². The Morgan fingerprint density at radius 2 is 1.59 bits per heavy atom. The summed E-state index contributed by atoms with van der Waals surface area (Å²) in [4.78, 5) is 24.2. The van der Waals surface area contributed by atoms with E-state index in [1.165, 1.54) is 0 Å². The van der Waals surface area contributed by atoms with Crippen molar-refractivity contribution in [1.82, 2.24) is 10.9 Å². The normalized spacial score (nSPS) is 10.6. The van der Waals surface area contributed by atoms with Crippen molar-refractivity contribution in [2.24, 2.45) is 5.92 Å². The molecule has 0 saturated heterocycles. The van der Waals surface area contributed by atoms with Crippen molar-refractivity contribution in [1.29, 1.82) is 0 Å². The molecule has 0 saturated carbocycles. The highest BCUT2D eigenvalue weighted by molar-refractivity contribution is 5.95. The van der Waals surface area contributed by atoms with Gasteiger partial charge in [0.25, 0.3) is 11.8 Å². The van der Waals surface area contributed by atoms with Crippen LogP contribution >= 0.6 is 0 Å². The summed E-state index contributed by atoms with van der Waals surface area (Å²) in [6.07, 6.45) is 0. The first-order chi connectivity index (χ1) is 14.0. The van der Waals surface area contributed by atoms with Crippen LogP contribution < -0.4 is 20.3 Å². The van der Waals surface area contributed by atoms with Crippen molar-refractivity contribution in [2.45, 2.75) is 13.8 Å². The van der Waals surface area contributed by atoms with E-state index in [1.54, 1.807) is 30.3 Å². The number of fused-ring (bicyclic) bond motifs is 1. The lowest BCUT2D eigenvalue weighted by Gasteiger charge is -2.11. The van der Waals surface area contributed by atoms with Crippen molar-refractivity contribution >= 4 is 22.6 Å². The Balaban J connectivity index is 1.48. The molecule has 0 aliphatic heterocycles. The third kappa shape index (κ3) is 5.72. The summed E-state index contributed by atoms with van der Waals surface area (Å²) >= 11 is 0. The first-order valence-electron chi connectivity index (χ1n) is 9.45. The number of carbonyl (C=O) groups excluding carboxylic acids is 2. The number of rotatable bonds is 7. The van der Waals surface area contributed by atoms with Crippen molar-refractivity contribution < 1.29 is 19.1 Å². The quantitative estimate of drug-likeness (QED) is 0.601. The van der Waals surface area contributed by atoms with Gasteiger partial charge in [-0.15, -0.1) is 0 Å². The van der Waals surface area contributed by atoms with Gasteiger partial charge in [-0.2, -0.15) is 0 Å². The zero-order valence-electron chi connectivity index (χ0n) is 16.5. The lowest BCUT2D eigenvalue weighted by Crippen LogP contribution is -2.43. The maximum Gasteiger partial charge on any atom is 0.276 e. The SMILES string of the molecule is CC(C)COc1ccc(C(=O)NNC(=O)COc2cccc3ccccc23)cc1. The predicted octanol–water partition coefficient (Wildman–Crippen LogP) is 3.71. The second-order valence-electron chi connectivity index (χ2n) is 7.00. The van der Waals surface area contributed by atoms with E-state index in [1.807, 2.05) is 36.4 Å².